The van der Waals surface area contributed by atoms with Crippen molar-refractivity contribution >= 4 is 30.3 Å². The lowest BCUT2D eigenvalue weighted by atomic mass is 10.2. The fourth-order valence-electron chi connectivity index (χ4n) is 1.24. The molecule has 2 aromatic rings. The summed E-state index contributed by atoms with van der Waals surface area (Å²) in [6, 6.07) is 3.59. The van der Waals surface area contributed by atoms with E-state index in [1.807, 2.05) is 0 Å². The average molecular weight is 300 g/mol. The van der Waals surface area contributed by atoms with E-state index in [9.17, 15) is 15.2 Å². The largest absolute Gasteiger partial charge is 0.507 e. The first kappa shape index (κ1) is 15.2. The molecule has 106 valence electrons. The molecule has 4 N–H and O–H groups in total. The zero-order valence-electron chi connectivity index (χ0n) is 9.87. The van der Waals surface area contributed by atoms with Gasteiger partial charge in [0, 0.05) is 17.7 Å². The Balaban J connectivity index is 0.00000200. The Labute approximate surface area is 118 Å². The molecule has 0 bridgehead atoms. The van der Waals surface area contributed by atoms with Crippen molar-refractivity contribution in [1.29, 1.82) is 0 Å². The highest BCUT2D eigenvalue weighted by Crippen LogP contribution is 2.21. The van der Waals surface area contributed by atoms with Crippen LogP contribution in [0.25, 0.3) is 0 Å². The number of rotatable bonds is 4. The van der Waals surface area contributed by atoms with Crippen LogP contribution in [0.2, 0.25) is 0 Å². The number of aromatic nitrogens is 3. The second-order valence-electron chi connectivity index (χ2n) is 3.43. The first-order valence-corrected chi connectivity index (χ1v) is 4.99. The van der Waals surface area contributed by atoms with E-state index in [-0.39, 0.29) is 35.4 Å². The molecule has 10 nitrogen and oxygen atoms in total. The summed E-state index contributed by atoms with van der Waals surface area (Å²) in [4.78, 5) is 10.0. The van der Waals surface area contributed by atoms with E-state index in [0.29, 0.717) is 0 Å². The molecule has 0 radical (unpaired) electrons. The van der Waals surface area contributed by atoms with Crippen LogP contribution in [0, 0.1) is 10.1 Å². The summed E-state index contributed by atoms with van der Waals surface area (Å²) in [7, 11) is 0. The van der Waals surface area contributed by atoms with E-state index in [1.54, 1.807) is 0 Å². The number of non-ortho nitro benzene ring substituents is 1. The van der Waals surface area contributed by atoms with Crippen LogP contribution in [-0.4, -0.2) is 31.1 Å². The average Bonchev–Trinajstić information content (AvgIpc) is 2.77. The molecular weight excluding hydrogens is 290 g/mol. The molecule has 0 saturated carbocycles. The van der Waals surface area contributed by atoms with E-state index in [4.69, 9.17) is 5.84 Å². The van der Waals surface area contributed by atoms with Gasteiger partial charge < -0.3 is 10.9 Å². The number of nitrogens with zero attached hydrogens (tertiary/aromatic N) is 5. The zero-order chi connectivity index (χ0) is 13.8. The third-order valence-corrected chi connectivity index (χ3v) is 2.16. The summed E-state index contributed by atoms with van der Waals surface area (Å²) < 4.78 is 1.10. The fraction of sp³-hybridized carbons (Fsp3) is 0. The van der Waals surface area contributed by atoms with Crippen molar-refractivity contribution in [2.24, 2.45) is 5.10 Å². The Bertz CT molecular complexity index is 642. The highest BCUT2D eigenvalue weighted by molar-refractivity contribution is 5.85. The molecule has 1 aromatic heterocycles. The number of anilines is 1. The molecule has 0 unspecified atom stereocenters. The van der Waals surface area contributed by atoms with Crippen LogP contribution in [0.15, 0.2) is 29.6 Å². The summed E-state index contributed by atoms with van der Waals surface area (Å²) in [5.74, 6) is 5.48. The van der Waals surface area contributed by atoms with Gasteiger partial charge in [-0.05, 0) is 6.07 Å². The maximum atomic E-state index is 10.6. The number of nitrogens with one attached hydrogen (secondary N) is 1. The normalized spacial score (nSPS) is 10.2. The molecule has 2 rings (SSSR count). The molecule has 0 aliphatic heterocycles. The van der Waals surface area contributed by atoms with Gasteiger partial charge in [0.05, 0.1) is 11.1 Å². The van der Waals surface area contributed by atoms with E-state index >= 15 is 0 Å². The van der Waals surface area contributed by atoms with Crippen molar-refractivity contribution in [2.75, 3.05) is 11.3 Å². The van der Waals surface area contributed by atoms with Gasteiger partial charge in [-0.15, -0.1) is 22.6 Å². The van der Waals surface area contributed by atoms with Crippen LogP contribution < -0.4 is 11.3 Å². The topological polar surface area (TPSA) is 144 Å². The fourth-order valence-corrected chi connectivity index (χ4v) is 1.24. The molecule has 11 heteroatoms. The molecule has 0 atom stereocenters. The molecule has 0 fully saturated rings. The van der Waals surface area contributed by atoms with Crippen molar-refractivity contribution in [2.45, 2.75) is 0 Å². The number of nitro groups is 1. The van der Waals surface area contributed by atoms with Crippen LogP contribution in [0.1, 0.15) is 5.56 Å². The lowest BCUT2D eigenvalue weighted by molar-refractivity contribution is -0.384. The lowest BCUT2D eigenvalue weighted by Gasteiger charge is -2.00. The predicted octanol–water partition coefficient (Wildman–Crippen LogP) is 0.473. The van der Waals surface area contributed by atoms with E-state index in [0.717, 1.165) is 4.68 Å². The van der Waals surface area contributed by atoms with Gasteiger partial charge in [-0.2, -0.15) is 5.10 Å². The van der Waals surface area contributed by atoms with Crippen molar-refractivity contribution < 1.29 is 10.0 Å². The number of phenols is 1. The minimum Gasteiger partial charge on any atom is -0.507 e. The van der Waals surface area contributed by atoms with Crippen molar-refractivity contribution in [1.82, 2.24) is 14.9 Å². The Morgan fingerprint density at radius 2 is 2.30 bits per heavy atom. The minimum absolute atomic E-state index is 0. The highest BCUT2D eigenvalue weighted by Gasteiger charge is 2.08. The quantitative estimate of drug-likeness (QED) is 0.322. The molecule has 0 spiro atoms. The number of halogens is 1. The van der Waals surface area contributed by atoms with E-state index in [1.165, 1.54) is 30.7 Å². The number of phenolic OH excluding ortho intramolecular Hbond substituents is 1. The van der Waals surface area contributed by atoms with Gasteiger partial charge in [0.1, 0.15) is 12.1 Å². The number of hydrazone groups is 1. The van der Waals surface area contributed by atoms with Gasteiger partial charge in [-0.1, -0.05) is 0 Å². The Hall–Kier alpha value is -2.88. The van der Waals surface area contributed by atoms with Crippen molar-refractivity contribution in [3.05, 3.63) is 40.2 Å². The molecular formula is C9H10ClN7O3. The maximum absolute atomic E-state index is 10.6. The smallest absolute Gasteiger partial charge is 0.270 e. The monoisotopic (exact) mass is 299 g/mol. The predicted molar refractivity (Wildman–Crippen MR) is 73.4 cm³/mol. The van der Waals surface area contributed by atoms with Crippen molar-refractivity contribution in [3.63, 3.8) is 0 Å². The third-order valence-electron chi connectivity index (χ3n) is 2.16. The van der Waals surface area contributed by atoms with Gasteiger partial charge in [0.25, 0.3) is 11.6 Å². The van der Waals surface area contributed by atoms with Crippen LogP contribution in [0.5, 0.6) is 5.75 Å². The van der Waals surface area contributed by atoms with Crippen molar-refractivity contribution in [3.8, 4) is 5.75 Å². The summed E-state index contributed by atoms with van der Waals surface area (Å²) in [6.07, 6.45) is 2.47. The number of hydrogen-bond acceptors (Lipinski definition) is 8. The minimum atomic E-state index is -0.569. The molecule has 0 saturated heterocycles. The van der Waals surface area contributed by atoms with E-state index in [2.05, 4.69) is 20.7 Å². The Morgan fingerprint density at radius 1 is 1.55 bits per heavy atom. The Kier molecular flexibility index (Phi) is 4.81. The number of benzene rings is 1. The summed E-state index contributed by atoms with van der Waals surface area (Å²) >= 11 is 0. The molecule has 1 aromatic carbocycles. The zero-order valence-corrected chi connectivity index (χ0v) is 10.7. The summed E-state index contributed by atoms with van der Waals surface area (Å²) in [5, 5.41) is 31.0. The first-order chi connectivity index (χ1) is 9.08. The van der Waals surface area contributed by atoms with Gasteiger partial charge in [0.15, 0.2) is 0 Å². The van der Waals surface area contributed by atoms with Crippen LogP contribution in [0.4, 0.5) is 11.6 Å². The molecule has 0 aliphatic rings. The van der Waals surface area contributed by atoms with Gasteiger partial charge >= 0.3 is 0 Å². The molecule has 20 heavy (non-hydrogen) atoms. The first-order valence-electron chi connectivity index (χ1n) is 4.99. The number of hydrogen-bond donors (Lipinski definition) is 3. The number of nitro benzene ring substituents is 1. The second kappa shape index (κ2) is 6.33. The standard InChI is InChI=1S/C9H9N7O3.ClH/c10-15-5-12-14-9(15)13-11-4-6-3-7(16(18)19)1-2-8(6)17;/h1-5,17H,10H2,(H,13,14);1H. The van der Waals surface area contributed by atoms with Gasteiger partial charge in [-0.3, -0.25) is 10.1 Å². The summed E-state index contributed by atoms with van der Waals surface area (Å²) in [5.41, 5.74) is 2.50. The van der Waals surface area contributed by atoms with Crippen LogP contribution in [0.3, 0.4) is 0 Å². The van der Waals surface area contributed by atoms with Gasteiger partial charge in [-0.25, -0.2) is 10.1 Å². The molecule has 1 heterocycles. The van der Waals surface area contributed by atoms with E-state index < -0.39 is 4.92 Å². The van der Waals surface area contributed by atoms with Crippen LogP contribution >= 0.6 is 12.4 Å². The number of aromatic hydroxyl groups is 1. The number of nitrogen functional groups attached to an aromatic ring is 1. The molecule has 0 amide bonds. The van der Waals surface area contributed by atoms with Gasteiger partial charge in [0.2, 0.25) is 0 Å². The maximum Gasteiger partial charge on any atom is 0.270 e. The SMILES string of the molecule is Cl.Nn1cnnc1NN=Cc1cc([N+](=O)[O-])ccc1O. The highest BCUT2D eigenvalue weighted by atomic mass is 35.5. The number of nitrogens with two attached hydrogens (primary N) is 1. The Morgan fingerprint density at radius 3 is 2.90 bits per heavy atom. The lowest BCUT2D eigenvalue weighted by Crippen LogP contribution is -2.10. The molecule has 0 aliphatic carbocycles. The second-order valence-corrected chi connectivity index (χ2v) is 3.43. The van der Waals surface area contributed by atoms with Crippen LogP contribution in [-0.2, 0) is 0 Å². The third kappa shape index (κ3) is 3.32. The summed E-state index contributed by atoms with van der Waals surface area (Å²) in [6.45, 7) is 0.